The van der Waals surface area contributed by atoms with Crippen molar-refractivity contribution in [3.63, 3.8) is 0 Å². The van der Waals surface area contributed by atoms with Crippen molar-refractivity contribution in [2.24, 2.45) is 5.10 Å². The van der Waals surface area contributed by atoms with E-state index in [2.05, 4.69) is 10.5 Å². The summed E-state index contributed by atoms with van der Waals surface area (Å²) in [5, 5.41) is 16.0. The first-order valence-electron chi connectivity index (χ1n) is 6.43. The molecule has 0 fully saturated rings. The fourth-order valence-electron chi connectivity index (χ4n) is 2.13. The molecule has 0 aromatic heterocycles. The number of nitrogens with one attached hydrogen (secondary N) is 1. The van der Waals surface area contributed by atoms with Crippen LogP contribution in [0.1, 0.15) is 18.1 Å². The van der Waals surface area contributed by atoms with Gasteiger partial charge < -0.3 is 0 Å². The molecule has 3 rings (SSSR count). The van der Waals surface area contributed by atoms with E-state index < -0.39 is 9.79 Å². The van der Waals surface area contributed by atoms with Crippen LogP contribution in [0.4, 0.5) is 5.69 Å². The van der Waals surface area contributed by atoms with Crippen LogP contribution in [0.25, 0.3) is 0 Å². The van der Waals surface area contributed by atoms with Gasteiger partial charge in [-0.25, -0.2) is 0 Å². The molecule has 1 N–H and O–H groups in total. The molecule has 1 aliphatic rings. The van der Waals surface area contributed by atoms with Gasteiger partial charge in [0, 0.05) is 17.7 Å². The van der Waals surface area contributed by atoms with Gasteiger partial charge in [0.1, 0.15) is 9.91 Å². The lowest BCUT2D eigenvalue weighted by molar-refractivity contribution is -0.384. The molecule has 1 atom stereocenters. The Morgan fingerprint density at radius 2 is 1.81 bits per heavy atom. The van der Waals surface area contributed by atoms with Crippen molar-refractivity contribution in [1.29, 1.82) is 0 Å². The second kappa shape index (κ2) is 5.21. The quantitative estimate of drug-likeness (QED) is 0.696. The zero-order valence-corrected chi connectivity index (χ0v) is 12.1. The van der Waals surface area contributed by atoms with E-state index in [9.17, 15) is 10.1 Å². The summed E-state index contributed by atoms with van der Waals surface area (Å²) in [6, 6.07) is 16.5. The van der Waals surface area contributed by atoms with Crippen molar-refractivity contribution in [2.75, 3.05) is 0 Å². The molecule has 2 aromatic rings. The molecule has 0 saturated carbocycles. The second-order valence-corrected chi connectivity index (χ2v) is 6.24. The van der Waals surface area contributed by atoms with Crippen LogP contribution in [0.15, 0.2) is 59.7 Å². The number of hydrogen-bond acceptors (Lipinski definition) is 5. The first-order chi connectivity index (χ1) is 10.1. The Hall–Kier alpha value is -2.34. The molecule has 21 heavy (non-hydrogen) atoms. The molecule has 2 aromatic carbocycles. The highest BCUT2D eigenvalue weighted by Gasteiger charge is 2.34. The normalized spacial score (nSPS) is 20.7. The summed E-state index contributed by atoms with van der Waals surface area (Å²) < 4.78 is 0. The van der Waals surface area contributed by atoms with E-state index in [-0.39, 0.29) is 5.69 Å². The van der Waals surface area contributed by atoms with Crippen molar-refractivity contribution in [3.05, 3.63) is 75.8 Å². The summed E-state index contributed by atoms with van der Waals surface area (Å²) in [5.41, 5.74) is 5.23. The zero-order valence-electron chi connectivity index (χ0n) is 11.3. The van der Waals surface area contributed by atoms with Crippen LogP contribution < -0.4 is 5.43 Å². The summed E-state index contributed by atoms with van der Waals surface area (Å²) in [7, 11) is 0. The average molecular weight is 299 g/mol. The molecule has 5 nitrogen and oxygen atoms in total. The minimum Gasteiger partial charge on any atom is -0.288 e. The highest BCUT2D eigenvalue weighted by molar-refractivity contribution is 8.15. The number of nitro benzene ring substituents is 1. The van der Waals surface area contributed by atoms with Crippen LogP contribution in [0.2, 0.25) is 0 Å². The predicted octanol–water partition coefficient (Wildman–Crippen LogP) is 3.47. The van der Waals surface area contributed by atoms with Gasteiger partial charge in [-0.15, -0.1) is 0 Å². The van der Waals surface area contributed by atoms with Crippen LogP contribution in [-0.4, -0.2) is 9.97 Å². The molecule has 1 aliphatic heterocycles. The Morgan fingerprint density at radius 1 is 1.14 bits per heavy atom. The number of nitro groups is 1. The van der Waals surface area contributed by atoms with Crippen molar-refractivity contribution in [1.82, 2.24) is 5.43 Å². The lowest BCUT2D eigenvalue weighted by Gasteiger charge is -2.23. The van der Waals surface area contributed by atoms with E-state index in [4.69, 9.17) is 0 Å². The molecular weight excluding hydrogens is 286 g/mol. The molecule has 0 spiro atoms. The fourth-order valence-corrected chi connectivity index (χ4v) is 3.20. The van der Waals surface area contributed by atoms with Crippen molar-refractivity contribution < 1.29 is 4.92 Å². The number of rotatable bonds is 3. The van der Waals surface area contributed by atoms with Gasteiger partial charge in [0.2, 0.25) is 0 Å². The molecule has 6 heteroatoms. The van der Waals surface area contributed by atoms with Crippen molar-refractivity contribution in [2.45, 2.75) is 11.8 Å². The molecule has 0 aliphatic carbocycles. The maximum absolute atomic E-state index is 10.7. The van der Waals surface area contributed by atoms with Gasteiger partial charge in [0.05, 0.1) is 4.92 Å². The lowest BCUT2D eigenvalue weighted by atomic mass is 10.1. The van der Waals surface area contributed by atoms with E-state index in [1.54, 1.807) is 23.9 Å². The van der Waals surface area contributed by atoms with Gasteiger partial charge in [-0.05, 0) is 24.6 Å². The Balaban J connectivity index is 1.83. The van der Waals surface area contributed by atoms with E-state index >= 15 is 0 Å². The maximum atomic E-state index is 10.7. The summed E-state index contributed by atoms with van der Waals surface area (Å²) in [4.78, 5) is 9.90. The van der Waals surface area contributed by atoms with E-state index in [0.29, 0.717) is 0 Å². The Morgan fingerprint density at radius 3 is 2.43 bits per heavy atom. The van der Waals surface area contributed by atoms with Crippen LogP contribution in [-0.2, 0) is 4.87 Å². The highest BCUT2D eigenvalue weighted by Crippen LogP contribution is 2.40. The minimum absolute atomic E-state index is 0.0922. The number of hydrazone groups is 1. The summed E-state index contributed by atoms with van der Waals surface area (Å²) in [6.45, 7) is 2.01. The predicted molar refractivity (Wildman–Crippen MR) is 84.2 cm³/mol. The van der Waals surface area contributed by atoms with Gasteiger partial charge in [-0.3, -0.25) is 15.5 Å². The fraction of sp³-hybridized carbons (Fsp3) is 0.133. The van der Waals surface area contributed by atoms with Crippen molar-refractivity contribution in [3.8, 4) is 0 Å². The summed E-state index contributed by atoms with van der Waals surface area (Å²) in [6.07, 6.45) is 0. The van der Waals surface area contributed by atoms with Crippen molar-refractivity contribution >= 4 is 22.5 Å². The third-order valence-corrected chi connectivity index (χ3v) is 4.58. The molecule has 0 saturated heterocycles. The maximum Gasteiger partial charge on any atom is 0.269 e. The van der Waals surface area contributed by atoms with Gasteiger partial charge in [0.15, 0.2) is 0 Å². The van der Waals surface area contributed by atoms with Gasteiger partial charge in [-0.2, -0.15) is 5.10 Å². The molecule has 0 amide bonds. The standard InChI is InChI=1S/C15H13N3O2S/c1-15(12-7-9-13(10-8-12)18(19)20)17-16-14(21-15)11-5-3-2-4-6-11/h2-10,17H,1H3/t15-/m0/s1. The molecule has 106 valence electrons. The molecule has 0 radical (unpaired) electrons. The van der Waals surface area contributed by atoms with E-state index in [1.165, 1.54) is 12.1 Å². The van der Waals surface area contributed by atoms with Crippen LogP contribution in [0, 0.1) is 10.1 Å². The lowest BCUT2D eigenvalue weighted by Crippen LogP contribution is -2.28. The number of benzene rings is 2. The first-order valence-corrected chi connectivity index (χ1v) is 7.24. The number of nitrogens with zero attached hydrogens (tertiary/aromatic N) is 2. The molecule has 1 heterocycles. The number of hydrogen-bond donors (Lipinski definition) is 1. The highest BCUT2D eigenvalue weighted by atomic mass is 32.2. The Kier molecular flexibility index (Phi) is 3.39. The molecular formula is C15H13N3O2S. The molecule has 0 unspecified atom stereocenters. The SMILES string of the molecule is C[C@]1(c2ccc([N+](=O)[O-])cc2)NN=C(c2ccccc2)S1. The summed E-state index contributed by atoms with van der Waals surface area (Å²) in [5.74, 6) is 0. The van der Waals surface area contributed by atoms with Crippen LogP contribution in [0.3, 0.4) is 0 Å². The van der Waals surface area contributed by atoms with Gasteiger partial charge in [-0.1, -0.05) is 42.1 Å². The summed E-state index contributed by atoms with van der Waals surface area (Å²) >= 11 is 1.60. The third kappa shape index (κ3) is 2.62. The Bertz CT molecular complexity index is 701. The monoisotopic (exact) mass is 299 g/mol. The average Bonchev–Trinajstić information content (AvgIpc) is 2.92. The van der Waals surface area contributed by atoms with E-state index in [0.717, 1.165) is 16.2 Å². The third-order valence-electron chi connectivity index (χ3n) is 3.32. The van der Waals surface area contributed by atoms with Crippen LogP contribution in [0.5, 0.6) is 0 Å². The number of non-ortho nitro benzene ring substituents is 1. The largest absolute Gasteiger partial charge is 0.288 e. The van der Waals surface area contributed by atoms with E-state index in [1.807, 2.05) is 37.3 Å². The second-order valence-electron chi connectivity index (χ2n) is 4.83. The minimum atomic E-state index is -0.416. The Labute approximate surface area is 126 Å². The number of thioether (sulfide) groups is 1. The van der Waals surface area contributed by atoms with Crippen LogP contribution >= 0.6 is 11.8 Å². The smallest absolute Gasteiger partial charge is 0.269 e. The zero-order chi connectivity index (χ0) is 14.9. The first kappa shape index (κ1) is 13.6. The topological polar surface area (TPSA) is 67.5 Å². The van der Waals surface area contributed by atoms with Gasteiger partial charge in [0.25, 0.3) is 5.69 Å². The molecule has 0 bridgehead atoms. The van der Waals surface area contributed by atoms with Gasteiger partial charge >= 0.3 is 0 Å².